The average molecular weight is 238 g/mol. The van der Waals surface area contributed by atoms with Gasteiger partial charge in [-0.2, -0.15) is 10.2 Å². The van der Waals surface area contributed by atoms with E-state index in [1.165, 1.54) is 0 Å². The largest absolute Gasteiger partial charge is 0.497 e. The van der Waals surface area contributed by atoms with Gasteiger partial charge in [0.2, 0.25) is 0 Å². The van der Waals surface area contributed by atoms with Gasteiger partial charge >= 0.3 is 0 Å². The Bertz CT molecular complexity index is 559. The van der Waals surface area contributed by atoms with E-state index in [1.807, 2.05) is 48.5 Å². The highest BCUT2D eigenvalue weighted by molar-refractivity contribution is 5.53. The monoisotopic (exact) mass is 238 g/mol. The van der Waals surface area contributed by atoms with Crippen molar-refractivity contribution in [3.05, 3.63) is 60.7 Å². The summed E-state index contributed by atoms with van der Waals surface area (Å²) < 4.78 is 5.08. The molecule has 0 unspecified atom stereocenters. The van der Waals surface area contributed by atoms with E-state index in [0.717, 1.165) is 22.7 Å². The van der Waals surface area contributed by atoms with Crippen molar-refractivity contribution in [1.82, 2.24) is 0 Å². The van der Waals surface area contributed by atoms with Crippen LogP contribution >= 0.6 is 0 Å². The lowest BCUT2D eigenvalue weighted by Crippen LogP contribution is -1.79. The molecule has 0 spiro atoms. The summed E-state index contributed by atoms with van der Waals surface area (Å²) in [5.41, 5.74) is 2.63. The van der Waals surface area contributed by atoms with Crippen LogP contribution in [0.15, 0.2) is 65.3 Å². The van der Waals surface area contributed by atoms with Crippen molar-refractivity contribution in [2.45, 2.75) is 0 Å². The first-order valence-electron chi connectivity index (χ1n) is 5.60. The molecule has 2 aromatic rings. The molecule has 0 aliphatic rings. The SMILES string of the molecule is C=Cc1cccc(N=Nc2ccc(OC)cc2)c1. The molecule has 0 saturated heterocycles. The second-order valence-electron chi connectivity index (χ2n) is 3.70. The van der Waals surface area contributed by atoms with E-state index in [9.17, 15) is 0 Å². The smallest absolute Gasteiger partial charge is 0.119 e. The lowest BCUT2D eigenvalue weighted by atomic mass is 10.2. The molecule has 0 radical (unpaired) electrons. The highest BCUT2D eigenvalue weighted by Gasteiger charge is 1.93. The van der Waals surface area contributed by atoms with Crippen molar-refractivity contribution >= 4 is 17.5 Å². The van der Waals surface area contributed by atoms with Crippen molar-refractivity contribution < 1.29 is 4.74 Å². The van der Waals surface area contributed by atoms with E-state index in [1.54, 1.807) is 13.2 Å². The van der Waals surface area contributed by atoms with Gasteiger partial charge in [0.1, 0.15) is 5.75 Å². The van der Waals surface area contributed by atoms with Crippen molar-refractivity contribution in [2.24, 2.45) is 10.2 Å². The molecule has 0 fully saturated rings. The van der Waals surface area contributed by atoms with Gasteiger partial charge in [-0.25, -0.2) is 0 Å². The topological polar surface area (TPSA) is 34.0 Å². The standard InChI is InChI=1S/C15H14N2O/c1-3-12-5-4-6-14(11-12)17-16-13-7-9-15(18-2)10-8-13/h3-11H,1H2,2H3. The zero-order chi connectivity index (χ0) is 12.8. The summed E-state index contributed by atoms with van der Waals surface area (Å²) in [5.74, 6) is 0.808. The van der Waals surface area contributed by atoms with Crippen molar-refractivity contribution in [2.75, 3.05) is 7.11 Å². The van der Waals surface area contributed by atoms with Crippen LogP contribution in [0.4, 0.5) is 11.4 Å². The number of azo groups is 1. The van der Waals surface area contributed by atoms with Gasteiger partial charge in [-0.15, -0.1) is 0 Å². The lowest BCUT2D eigenvalue weighted by Gasteiger charge is -1.98. The Kier molecular flexibility index (Phi) is 3.86. The molecular formula is C15H14N2O. The maximum atomic E-state index is 5.08. The number of nitrogens with zero attached hydrogens (tertiary/aromatic N) is 2. The van der Waals surface area contributed by atoms with E-state index in [4.69, 9.17) is 4.74 Å². The van der Waals surface area contributed by atoms with E-state index in [2.05, 4.69) is 16.8 Å². The fourth-order valence-corrected chi connectivity index (χ4v) is 1.48. The minimum absolute atomic E-state index is 0.791. The molecule has 3 heteroatoms. The Morgan fingerprint density at radius 2 is 1.72 bits per heavy atom. The van der Waals surface area contributed by atoms with Crippen molar-refractivity contribution in [1.29, 1.82) is 0 Å². The second kappa shape index (κ2) is 5.77. The van der Waals surface area contributed by atoms with Crippen LogP contribution in [-0.2, 0) is 0 Å². The summed E-state index contributed by atoms with van der Waals surface area (Å²) in [6.07, 6.45) is 1.78. The maximum Gasteiger partial charge on any atom is 0.119 e. The van der Waals surface area contributed by atoms with Gasteiger partial charge in [-0.1, -0.05) is 24.8 Å². The van der Waals surface area contributed by atoms with Crippen LogP contribution in [-0.4, -0.2) is 7.11 Å². The zero-order valence-corrected chi connectivity index (χ0v) is 10.2. The van der Waals surface area contributed by atoms with Crippen LogP contribution in [0.25, 0.3) is 6.08 Å². The van der Waals surface area contributed by atoms with Crippen molar-refractivity contribution in [3.8, 4) is 5.75 Å². The predicted molar refractivity (Wildman–Crippen MR) is 73.7 cm³/mol. The molecule has 0 aliphatic heterocycles. The number of benzene rings is 2. The number of hydrogen-bond donors (Lipinski definition) is 0. The molecule has 0 bridgehead atoms. The molecule has 0 aliphatic carbocycles. The molecule has 0 atom stereocenters. The van der Waals surface area contributed by atoms with E-state index in [0.29, 0.717) is 0 Å². The van der Waals surface area contributed by atoms with Gasteiger partial charge in [0, 0.05) is 0 Å². The number of hydrogen-bond acceptors (Lipinski definition) is 3. The summed E-state index contributed by atoms with van der Waals surface area (Å²) in [5, 5.41) is 8.34. The summed E-state index contributed by atoms with van der Waals surface area (Å²) in [4.78, 5) is 0. The van der Waals surface area contributed by atoms with Crippen LogP contribution in [0.1, 0.15) is 5.56 Å². The lowest BCUT2D eigenvalue weighted by molar-refractivity contribution is 0.415. The summed E-state index contributed by atoms with van der Waals surface area (Å²) >= 11 is 0. The Hall–Kier alpha value is -2.42. The molecular weight excluding hydrogens is 224 g/mol. The highest BCUT2D eigenvalue weighted by Crippen LogP contribution is 2.21. The van der Waals surface area contributed by atoms with Crippen molar-refractivity contribution in [3.63, 3.8) is 0 Å². The van der Waals surface area contributed by atoms with Crippen LogP contribution < -0.4 is 4.74 Å². The third-order valence-corrected chi connectivity index (χ3v) is 2.46. The van der Waals surface area contributed by atoms with E-state index in [-0.39, 0.29) is 0 Å². The third kappa shape index (κ3) is 3.04. The van der Waals surface area contributed by atoms with Gasteiger partial charge in [0.15, 0.2) is 0 Å². The van der Waals surface area contributed by atoms with Crippen LogP contribution in [0.5, 0.6) is 5.75 Å². The summed E-state index contributed by atoms with van der Waals surface area (Å²) in [6, 6.07) is 15.2. The summed E-state index contributed by atoms with van der Waals surface area (Å²) in [6.45, 7) is 3.72. The number of methoxy groups -OCH3 is 1. The Balaban J connectivity index is 2.15. The molecule has 0 N–H and O–H groups in total. The van der Waals surface area contributed by atoms with Gasteiger partial charge in [-0.05, 0) is 42.0 Å². The first-order valence-corrected chi connectivity index (χ1v) is 5.60. The molecule has 3 nitrogen and oxygen atoms in total. The quantitative estimate of drug-likeness (QED) is 0.707. The average Bonchev–Trinajstić information content (AvgIpc) is 2.46. The predicted octanol–water partition coefficient (Wildman–Crippen LogP) is 4.75. The Morgan fingerprint density at radius 3 is 2.39 bits per heavy atom. The number of rotatable bonds is 4. The minimum Gasteiger partial charge on any atom is -0.497 e. The first kappa shape index (κ1) is 12.0. The van der Waals surface area contributed by atoms with Crippen LogP contribution in [0.2, 0.25) is 0 Å². The molecule has 90 valence electrons. The van der Waals surface area contributed by atoms with Gasteiger partial charge in [-0.3, -0.25) is 0 Å². The molecule has 18 heavy (non-hydrogen) atoms. The maximum absolute atomic E-state index is 5.08. The first-order chi connectivity index (χ1) is 8.81. The van der Waals surface area contributed by atoms with Gasteiger partial charge in [0.25, 0.3) is 0 Å². The Morgan fingerprint density at radius 1 is 1.00 bits per heavy atom. The van der Waals surface area contributed by atoms with Crippen LogP contribution in [0, 0.1) is 0 Å². The molecule has 0 aromatic heterocycles. The zero-order valence-electron chi connectivity index (χ0n) is 10.2. The molecule has 0 saturated carbocycles. The van der Waals surface area contributed by atoms with E-state index < -0.39 is 0 Å². The van der Waals surface area contributed by atoms with Gasteiger partial charge < -0.3 is 4.74 Å². The van der Waals surface area contributed by atoms with Gasteiger partial charge in [0.05, 0.1) is 18.5 Å². The van der Waals surface area contributed by atoms with Crippen LogP contribution in [0.3, 0.4) is 0 Å². The van der Waals surface area contributed by atoms with E-state index >= 15 is 0 Å². The highest BCUT2D eigenvalue weighted by atomic mass is 16.5. The number of ether oxygens (including phenoxy) is 1. The fourth-order valence-electron chi connectivity index (χ4n) is 1.48. The Labute approximate surface area is 106 Å². The normalized spacial score (nSPS) is 10.5. The molecule has 0 amide bonds. The summed E-state index contributed by atoms with van der Waals surface area (Å²) in [7, 11) is 1.64. The second-order valence-corrected chi connectivity index (χ2v) is 3.70. The fraction of sp³-hybridized carbons (Fsp3) is 0.0667. The minimum atomic E-state index is 0.791. The molecule has 2 rings (SSSR count). The molecule has 0 heterocycles. The third-order valence-electron chi connectivity index (χ3n) is 2.46. The molecule has 2 aromatic carbocycles.